The highest BCUT2D eigenvalue weighted by atomic mass is 16.4. The molecule has 0 aromatic heterocycles. The van der Waals surface area contributed by atoms with Gasteiger partial charge in [0, 0.05) is 0 Å². The van der Waals surface area contributed by atoms with Crippen LogP contribution in [0.15, 0.2) is 30.3 Å². The van der Waals surface area contributed by atoms with Crippen molar-refractivity contribution in [3.05, 3.63) is 35.9 Å². The average molecular weight is 232 g/mol. The second-order valence-corrected chi connectivity index (χ2v) is 5.60. The van der Waals surface area contributed by atoms with Gasteiger partial charge in [0.25, 0.3) is 0 Å². The number of benzene rings is 1. The van der Waals surface area contributed by atoms with Crippen LogP contribution in [-0.2, 0) is 15.0 Å². The van der Waals surface area contributed by atoms with Crippen LogP contribution in [0.4, 0.5) is 0 Å². The summed E-state index contributed by atoms with van der Waals surface area (Å²) in [5, 5.41) is 8.96. The molecule has 0 amide bonds. The Balaban J connectivity index is 2.41. The summed E-state index contributed by atoms with van der Waals surface area (Å²) in [5.74, 6) is -2.01. The quantitative estimate of drug-likeness (QED) is 0.814. The molecule has 0 unspecified atom stereocenters. The molecule has 1 aliphatic rings. The number of Topliss-reactive ketones (excluding diaryl/α,β-unsaturated/α-hetero) is 1. The molecular weight excluding hydrogens is 216 g/mol. The monoisotopic (exact) mass is 232 g/mol. The van der Waals surface area contributed by atoms with Crippen molar-refractivity contribution in [2.75, 3.05) is 0 Å². The van der Waals surface area contributed by atoms with Crippen molar-refractivity contribution in [2.45, 2.75) is 32.1 Å². The lowest BCUT2D eigenvalue weighted by atomic mass is 9.50. The van der Waals surface area contributed by atoms with Gasteiger partial charge in [-0.15, -0.1) is 0 Å². The molecule has 3 nitrogen and oxygen atoms in total. The van der Waals surface area contributed by atoms with Crippen LogP contribution in [0.1, 0.15) is 32.3 Å². The Kier molecular flexibility index (Phi) is 2.57. The lowest BCUT2D eigenvalue weighted by Crippen LogP contribution is -2.54. The molecule has 1 aromatic rings. The Morgan fingerprint density at radius 2 is 1.65 bits per heavy atom. The number of rotatable bonds is 3. The lowest BCUT2D eigenvalue weighted by Gasteiger charge is -2.51. The fourth-order valence-electron chi connectivity index (χ4n) is 3.04. The third kappa shape index (κ3) is 1.86. The smallest absolute Gasteiger partial charge is 0.373 e. The number of hydrogen-bond donors (Lipinski definition) is 1. The Morgan fingerprint density at radius 1 is 1.12 bits per heavy atom. The molecule has 1 fully saturated rings. The van der Waals surface area contributed by atoms with Crippen molar-refractivity contribution in [1.29, 1.82) is 0 Å². The van der Waals surface area contributed by atoms with Gasteiger partial charge in [-0.2, -0.15) is 0 Å². The summed E-state index contributed by atoms with van der Waals surface area (Å²) in [6.45, 7) is 4.12. The number of hydrogen-bond acceptors (Lipinski definition) is 2. The molecule has 1 N–H and O–H groups in total. The average Bonchev–Trinajstić information content (AvgIpc) is 2.25. The van der Waals surface area contributed by atoms with Crippen molar-refractivity contribution in [3.8, 4) is 0 Å². The van der Waals surface area contributed by atoms with Gasteiger partial charge in [0.2, 0.25) is 5.78 Å². The third-order valence-corrected chi connectivity index (χ3v) is 3.52. The maximum Gasteiger partial charge on any atom is 0.373 e. The molecule has 0 spiro atoms. The van der Waals surface area contributed by atoms with Gasteiger partial charge in [0.05, 0.1) is 5.41 Å². The predicted octanol–water partition coefficient (Wildman–Crippen LogP) is 2.40. The molecule has 17 heavy (non-hydrogen) atoms. The first-order chi connectivity index (χ1) is 7.87. The number of carboxylic acid groups (broad SMARTS) is 1. The Hall–Kier alpha value is -1.64. The Labute approximate surface area is 100 Å². The molecule has 1 aliphatic carbocycles. The fraction of sp³-hybridized carbons (Fsp3) is 0.429. The van der Waals surface area contributed by atoms with E-state index in [2.05, 4.69) is 13.8 Å². The second-order valence-electron chi connectivity index (χ2n) is 5.60. The molecule has 0 radical (unpaired) electrons. The topological polar surface area (TPSA) is 54.4 Å². The molecule has 2 rings (SSSR count). The third-order valence-electron chi connectivity index (χ3n) is 3.52. The van der Waals surface area contributed by atoms with Crippen molar-refractivity contribution < 1.29 is 14.7 Å². The maximum absolute atomic E-state index is 11.9. The SMILES string of the molecule is CC1(C)CC(C(=O)C(=O)O)(c2ccccc2)C1. The summed E-state index contributed by atoms with van der Waals surface area (Å²) >= 11 is 0. The van der Waals surface area contributed by atoms with Gasteiger partial charge in [-0.05, 0) is 23.8 Å². The van der Waals surface area contributed by atoms with E-state index < -0.39 is 17.2 Å². The van der Waals surface area contributed by atoms with Crippen LogP contribution < -0.4 is 0 Å². The molecular formula is C14H16O3. The van der Waals surface area contributed by atoms with Gasteiger partial charge in [0.15, 0.2) is 0 Å². The standard InChI is InChI=1S/C14H16O3/c1-13(2)8-14(9-13,11(15)12(16)17)10-6-4-3-5-7-10/h3-7H,8-9H2,1-2H3,(H,16,17). The van der Waals surface area contributed by atoms with Gasteiger partial charge in [0.1, 0.15) is 0 Å². The van der Waals surface area contributed by atoms with Crippen molar-refractivity contribution in [3.63, 3.8) is 0 Å². The van der Waals surface area contributed by atoms with E-state index in [0.717, 1.165) is 5.56 Å². The first-order valence-corrected chi connectivity index (χ1v) is 5.71. The molecule has 0 heterocycles. The summed E-state index contributed by atoms with van der Waals surface area (Å²) < 4.78 is 0. The summed E-state index contributed by atoms with van der Waals surface area (Å²) in [5.41, 5.74) is 0.0593. The van der Waals surface area contributed by atoms with Gasteiger partial charge >= 0.3 is 5.97 Å². The normalized spacial score (nSPS) is 20.4. The van der Waals surface area contributed by atoms with E-state index in [1.807, 2.05) is 30.3 Å². The molecule has 0 bridgehead atoms. The predicted molar refractivity (Wildman–Crippen MR) is 63.8 cm³/mol. The maximum atomic E-state index is 11.9. The zero-order valence-corrected chi connectivity index (χ0v) is 10.1. The van der Waals surface area contributed by atoms with Crippen molar-refractivity contribution >= 4 is 11.8 Å². The van der Waals surface area contributed by atoms with E-state index in [-0.39, 0.29) is 5.41 Å². The van der Waals surface area contributed by atoms with Crippen LogP contribution in [-0.4, -0.2) is 16.9 Å². The van der Waals surface area contributed by atoms with Crippen molar-refractivity contribution in [1.82, 2.24) is 0 Å². The highest BCUT2D eigenvalue weighted by molar-refractivity contribution is 6.36. The minimum atomic E-state index is -1.33. The van der Waals surface area contributed by atoms with Crippen molar-refractivity contribution in [2.24, 2.45) is 5.41 Å². The van der Waals surface area contributed by atoms with E-state index >= 15 is 0 Å². The first-order valence-electron chi connectivity index (χ1n) is 5.71. The second kappa shape index (κ2) is 3.69. The van der Waals surface area contributed by atoms with E-state index in [0.29, 0.717) is 12.8 Å². The van der Waals surface area contributed by atoms with Crippen LogP contribution in [0.25, 0.3) is 0 Å². The molecule has 3 heteroatoms. The minimum absolute atomic E-state index is 0.0426. The number of aliphatic carboxylic acids is 1. The lowest BCUT2D eigenvalue weighted by molar-refractivity contribution is -0.156. The zero-order valence-electron chi connectivity index (χ0n) is 10.1. The summed E-state index contributed by atoms with van der Waals surface area (Å²) in [6.07, 6.45) is 1.21. The number of carboxylic acids is 1. The summed E-state index contributed by atoms with van der Waals surface area (Å²) in [4.78, 5) is 22.9. The van der Waals surface area contributed by atoms with E-state index in [1.165, 1.54) is 0 Å². The molecule has 1 saturated carbocycles. The van der Waals surface area contributed by atoms with Crippen LogP contribution >= 0.6 is 0 Å². The largest absolute Gasteiger partial charge is 0.475 e. The number of ketones is 1. The fourth-order valence-corrected chi connectivity index (χ4v) is 3.04. The highest BCUT2D eigenvalue weighted by Crippen LogP contribution is 2.55. The van der Waals surface area contributed by atoms with E-state index in [1.54, 1.807) is 0 Å². The number of carbonyl (C=O) groups excluding carboxylic acids is 1. The molecule has 90 valence electrons. The minimum Gasteiger partial charge on any atom is -0.475 e. The molecule has 0 saturated heterocycles. The highest BCUT2D eigenvalue weighted by Gasteiger charge is 2.56. The first kappa shape index (κ1) is 11.8. The molecule has 0 aliphatic heterocycles. The zero-order chi connectivity index (χ0) is 12.7. The van der Waals surface area contributed by atoms with E-state index in [4.69, 9.17) is 5.11 Å². The molecule has 1 aromatic carbocycles. The summed E-state index contributed by atoms with van der Waals surface area (Å²) in [7, 11) is 0. The summed E-state index contributed by atoms with van der Waals surface area (Å²) in [6, 6.07) is 9.24. The van der Waals surface area contributed by atoms with Crippen LogP contribution in [0.2, 0.25) is 0 Å². The number of carbonyl (C=O) groups is 2. The van der Waals surface area contributed by atoms with Gasteiger partial charge in [-0.1, -0.05) is 44.2 Å². The van der Waals surface area contributed by atoms with Gasteiger partial charge in [-0.25, -0.2) is 4.79 Å². The van der Waals surface area contributed by atoms with Gasteiger partial charge in [-0.3, -0.25) is 4.79 Å². The Morgan fingerprint density at radius 3 is 2.06 bits per heavy atom. The van der Waals surface area contributed by atoms with Crippen LogP contribution in [0.5, 0.6) is 0 Å². The van der Waals surface area contributed by atoms with Gasteiger partial charge < -0.3 is 5.11 Å². The van der Waals surface area contributed by atoms with Crippen LogP contribution in [0, 0.1) is 5.41 Å². The van der Waals surface area contributed by atoms with E-state index in [9.17, 15) is 9.59 Å². The molecule has 0 atom stereocenters. The van der Waals surface area contributed by atoms with Crippen LogP contribution in [0.3, 0.4) is 0 Å². The Bertz CT molecular complexity index is 452.